The molecule has 2 heterocycles. The normalized spacial score (nSPS) is 21.3. The van der Waals surface area contributed by atoms with Gasteiger partial charge in [0.25, 0.3) is 5.91 Å². The fourth-order valence-corrected chi connectivity index (χ4v) is 4.88. The molecule has 5 nitrogen and oxygen atoms in total. The Bertz CT molecular complexity index is 1020. The van der Waals surface area contributed by atoms with Crippen LogP contribution in [0.5, 0.6) is 0 Å². The second-order valence-electron chi connectivity index (χ2n) is 8.70. The first-order chi connectivity index (χ1) is 14.7. The number of rotatable bonds is 3. The van der Waals surface area contributed by atoms with Crippen molar-refractivity contribution in [2.75, 3.05) is 13.1 Å². The third-order valence-electron chi connectivity index (χ3n) is 6.68. The zero-order valence-electron chi connectivity index (χ0n) is 17.4. The van der Waals surface area contributed by atoms with E-state index in [0.717, 1.165) is 42.1 Å². The van der Waals surface area contributed by atoms with Crippen LogP contribution in [-0.2, 0) is 0 Å². The van der Waals surface area contributed by atoms with Gasteiger partial charge in [-0.2, -0.15) is 0 Å². The summed E-state index contributed by atoms with van der Waals surface area (Å²) in [5, 5.41) is 8.35. The summed E-state index contributed by atoms with van der Waals surface area (Å²) in [5.74, 6) is 2.62. The van der Waals surface area contributed by atoms with Crippen molar-refractivity contribution < 1.29 is 9.21 Å². The van der Waals surface area contributed by atoms with Crippen LogP contribution in [0.2, 0.25) is 0 Å². The Hall–Kier alpha value is -2.95. The minimum absolute atomic E-state index is 0.136. The lowest BCUT2D eigenvalue weighted by molar-refractivity contribution is 0.0521. The van der Waals surface area contributed by atoms with Crippen LogP contribution in [0.3, 0.4) is 0 Å². The average Bonchev–Trinajstić information content (AvgIpc) is 3.29. The molecule has 2 atom stereocenters. The van der Waals surface area contributed by atoms with Crippen LogP contribution < -0.4 is 0 Å². The minimum atomic E-state index is 0.136. The highest BCUT2D eigenvalue weighted by Crippen LogP contribution is 2.36. The van der Waals surface area contributed by atoms with E-state index < -0.39 is 0 Å². The van der Waals surface area contributed by atoms with Gasteiger partial charge in [-0.1, -0.05) is 37.0 Å². The third-order valence-corrected chi connectivity index (χ3v) is 6.68. The molecule has 0 unspecified atom stereocenters. The molecule has 154 valence electrons. The van der Waals surface area contributed by atoms with Crippen LogP contribution in [0.4, 0.5) is 0 Å². The molecule has 30 heavy (non-hydrogen) atoms. The maximum Gasteiger partial charge on any atom is 0.253 e. The molecule has 1 amide bonds. The van der Waals surface area contributed by atoms with Crippen molar-refractivity contribution in [3.63, 3.8) is 0 Å². The van der Waals surface area contributed by atoms with Gasteiger partial charge in [0.15, 0.2) is 0 Å². The number of hydrogen-bond donors (Lipinski definition) is 0. The van der Waals surface area contributed by atoms with Crippen molar-refractivity contribution in [1.82, 2.24) is 15.1 Å². The van der Waals surface area contributed by atoms with Crippen molar-refractivity contribution in [3.8, 4) is 22.9 Å². The van der Waals surface area contributed by atoms with Gasteiger partial charge in [-0.15, -0.1) is 10.2 Å². The Morgan fingerprint density at radius 2 is 1.47 bits per heavy atom. The summed E-state index contributed by atoms with van der Waals surface area (Å²) >= 11 is 0. The van der Waals surface area contributed by atoms with Gasteiger partial charge in [-0.3, -0.25) is 4.79 Å². The number of nitrogens with zero attached hydrogens (tertiary/aromatic N) is 3. The van der Waals surface area contributed by atoms with Crippen molar-refractivity contribution in [2.24, 2.45) is 11.8 Å². The molecule has 5 heteroatoms. The molecule has 1 aliphatic heterocycles. The summed E-state index contributed by atoms with van der Waals surface area (Å²) in [6.07, 6.45) is 6.44. The molecule has 1 aliphatic carbocycles. The van der Waals surface area contributed by atoms with Gasteiger partial charge in [-0.25, -0.2) is 0 Å². The van der Waals surface area contributed by atoms with Gasteiger partial charge in [-0.05, 0) is 68.0 Å². The predicted octanol–water partition coefficient (Wildman–Crippen LogP) is 5.36. The summed E-state index contributed by atoms with van der Waals surface area (Å²) < 4.78 is 5.85. The van der Waals surface area contributed by atoms with Crippen molar-refractivity contribution in [2.45, 2.75) is 39.0 Å². The molecule has 1 saturated heterocycles. The van der Waals surface area contributed by atoms with E-state index in [1.54, 1.807) is 0 Å². The van der Waals surface area contributed by atoms with Crippen LogP contribution in [0.25, 0.3) is 22.9 Å². The molecule has 2 aromatic carbocycles. The Labute approximate surface area is 177 Å². The van der Waals surface area contributed by atoms with Gasteiger partial charge >= 0.3 is 0 Å². The van der Waals surface area contributed by atoms with Gasteiger partial charge in [0, 0.05) is 29.8 Å². The highest BCUT2D eigenvalue weighted by molar-refractivity contribution is 5.94. The zero-order valence-corrected chi connectivity index (χ0v) is 17.4. The number of fused-ring (bicyclic) bond motifs is 1. The fraction of sp³-hybridized carbons (Fsp3) is 0.400. The van der Waals surface area contributed by atoms with Crippen LogP contribution in [0.15, 0.2) is 52.9 Å². The van der Waals surface area contributed by atoms with E-state index in [9.17, 15) is 4.79 Å². The van der Waals surface area contributed by atoms with E-state index in [4.69, 9.17) is 4.42 Å². The Morgan fingerprint density at radius 1 is 0.867 bits per heavy atom. The number of carbonyl (C=O) groups is 1. The molecule has 1 aromatic heterocycles. The number of carbonyl (C=O) groups excluding carboxylic acids is 1. The molecule has 0 bridgehead atoms. The Morgan fingerprint density at radius 3 is 2.13 bits per heavy atom. The number of aromatic nitrogens is 2. The molecular formula is C25H27N3O2. The molecule has 5 rings (SSSR count). The molecule has 2 aliphatic rings. The van der Waals surface area contributed by atoms with E-state index in [0.29, 0.717) is 17.7 Å². The molecule has 2 fully saturated rings. The minimum Gasteiger partial charge on any atom is -0.416 e. The van der Waals surface area contributed by atoms with Gasteiger partial charge in [0.2, 0.25) is 11.8 Å². The second-order valence-corrected chi connectivity index (χ2v) is 8.70. The van der Waals surface area contributed by atoms with E-state index >= 15 is 0 Å². The first kappa shape index (κ1) is 19.0. The number of amides is 1. The van der Waals surface area contributed by atoms with E-state index in [2.05, 4.69) is 10.2 Å². The predicted molar refractivity (Wildman–Crippen MR) is 116 cm³/mol. The van der Waals surface area contributed by atoms with Crippen LogP contribution in [0.1, 0.15) is 48.0 Å². The molecule has 0 N–H and O–H groups in total. The van der Waals surface area contributed by atoms with Crippen LogP contribution in [-0.4, -0.2) is 34.1 Å². The lowest BCUT2D eigenvalue weighted by Crippen LogP contribution is -2.44. The van der Waals surface area contributed by atoms with Crippen LogP contribution >= 0.6 is 0 Å². The van der Waals surface area contributed by atoms with Crippen molar-refractivity contribution in [3.05, 3.63) is 59.7 Å². The number of piperidine rings is 1. The molecule has 1 saturated carbocycles. The zero-order chi connectivity index (χ0) is 20.5. The van der Waals surface area contributed by atoms with Gasteiger partial charge in [0.05, 0.1) is 0 Å². The topological polar surface area (TPSA) is 59.2 Å². The number of likely N-dealkylation sites (tertiary alicyclic amines) is 1. The summed E-state index contributed by atoms with van der Waals surface area (Å²) in [5.41, 5.74) is 3.64. The lowest BCUT2D eigenvalue weighted by atomic mass is 9.75. The standard InChI is InChI=1S/C25H27N3O2/c1-17-6-8-19(9-7-17)23-26-27-24(30-23)20-10-12-21(13-11-20)25(29)28-15-14-18-4-2-3-5-22(18)16-28/h6-13,18,22H,2-5,14-16H2,1H3/t18-,22-/m1/s1. The molecule has 3 aromatic rings. The molecule has 0 spiro atoms. The molecule has 0 radical (unpaired) electrons. The van der Waals surface area contributed by atoms with Gasteiger partial charge < -0.3 is 9.32 Å². The number of aryl methyl sites for hydroxylation is 1. The van der Waals surface area contributed by atoms with E-state index in [1.165, 1.54) is 31.2 Å². The van der Waals surface area contributed by atoms with E-state index in [1.807, 2.05) is 60.4 Å². The largest absolute Gasteiger partial charge is 0.416 e. The van der Waals surface area contributed by atoms with Crippen molar-refractivity contribution >= 4 is 5.91 Å². The van der Waals surface area contributed by atoms with Gasteiger partial charge in [0.1, 0.15) is 0 Å². The summed E-state index contributed by atoms with van der Waals surface area (Å²) in [7, 11) is 0. The fourth-order valence-electron chi connectivity index (χ4n) is 4.88. The highest BCUT2D eigenvalue weighted by atomic mass is 16.4. The van der Waals surface area contributed by atoms with Crippen LogP contribution in [0, 0.1) is 18.8 Å². The average molecular weight is 402 g/mol. The number of benzene rings is 2. The Kier molecular flexibility index (Phi) is 5.11. The highest BCUT2D eigenvalue weighted by Gasteiger charge is 2.33. The monoisotopic (exact) mass is 401 g/mol. The first-order valence-electron chi connectivity index (χ1n) is 11.0. The Balaban J connectivity index is 1.29. The quantitative estimate of drug-likeness (QED) is 0.592. The summed E-state index contributed by atoms with van der Waals surface area (Å²) in [6.45, 7) is 3.84. The maximum absolute atomic E-state index is 13.0. The third kappa shape index (κ3) is 3.76. The smallest absolute Gasteiger partial charge is 0.253 e. The SMILES string of the molecule is Cc1ccc(-c2nnc(-c3ccc(C(=O)N4CC[C@H]5CCCC[C@@H]5C4)cc3)o2)cc1. The number of hydrogen-bond acceptors (Lipinski definition) is 4. The lowest BCUT2D eigenvalue weighted by Gasteiger charge is -2.41. The second kappa shape index (κ2) is 8.05. The molecular weight excluding hydrogens is 374 g/mol. The summed E-state index contributed by atoms with van der Waals surface area (Å²) in [6, 6.07) is 15.5. The first-order valence-corrected chi connectivity index (χ1v) is 11.0. The van der Waals surface area contributed by atoms with E-state index in [-0.39, 0.29) is 5.91 Å². The summed E-state index contributed by atoms with van der Waals surface area (Å²) in [4.78, 5) is 15.1. The van der Waals surface area contributed by atoms with Crippen molar-refractivity contribution in [1.29, 1.82) is 0 Å². The maximum atomic E-state index is 13.0.